The van der Waals surface area contributed by atoms with Crippen molar-refractivity contribution in [3.8, 4) is 5.75 Å². The van der Waals surface area contributed by atoms with Gasteiger partial charge >= 0.3 is 0 Å². The number of carbonyl (C=O) groups excluding carboxylic acids is 1. The number of thiazole rings is 1. The zero-order valence-corrected chi connectivity index (χ0v) is 23.4. The van der Waals surface area contributed by atoms with Crippen LogP contribution in [-0.4, -0.2) is 28.8 Å². The minimum Gasteiger partial charge on any atom is -0.508 e. The van der Waals surface area contributed by atoms with E-state index in [0.717, 1.165) is 49.0 Å². The fourth-order valence-electron chi connectivity index (χ4n) is 7.34. The molecule has 5 rings (SSSR count). The molecule has 2 N–H and O–H groups in total. The normalized spacial score (nSPS) is 29.4. The summed E-state index contributed by atoms with van der Waals surface area (Å²) in [5.41, 5.74) is 5.02. The molecule has 0 aliphatic heterocycles. The number of fused-ring (bicyclic) bond motifs is 5. The highest BCUT2D eigenvalue weighted by atomic mass is 32.1. The van der Waals surface area contributed by atoms with E-state index >= 15 is 0 Å². The predicted octanol–water partition coefficient (Wildman–Crippen LogP) is 7.00. The molecular formula is C29H41N3O3S. The molecular weight excluding hydrogens is 470 g/mol. The second-order valence-electron chi connectivity index (χ2n) is 10.6. The van der Waals surface area contributed by atoms with E-state index in [1.165, 1.54) is 28.2 Å². The molecule has 3 aliphatic rings. The molecule has 1 amide bonds. The third-order valence-corrected chi connectivity index (χ3v) is 9.68. The SMILES string of the molecule is CC.CO/N=C1\CC(CCC(=O)Nc2ncc(C)s2)C2C3CCc4c(ccc(O)c4C)C3CCC12C. The standard InChI is InChI=1S/C27H35N3O3S.C2H6/c1-15-14-28-26(34-15)29-24(32)10-5-17-13-23(30-33-4)27(3)12-11-20-19-8-9-22(31)16(2)18(19)6-7-21(20)25(17)27;1-2/h8-9,14,17,20-21,25,31H,5-7,10-13H2,1-4H3,(H,28,29,32);1-2H3/b30-23+;. The number of nitrogens with zero attached hydrogens (tertiary/aromatic N) is 2. The molecule has 0 saturated heterocycles. The smallest absolute Gasteiger partial charge is 0.226 e. The van der Waals surface area contributed by atoms with Crippen molar-refractivity contribution >= 4 is 28.1 Å². The zero-order chi connectivity index (χ0) is 26.0. The average Bonchev–Trinajstić information content (AvgIpc) is 3.41. The maximum atomic E-state index is 12.7. The van der Waals surface area contributed by atoms with E-state index < -0.39 is 0 Å². The second-order valence-corrected chi connectivity index (χ2v) is 11.9. The van der Waals surface area contributed by atoms with Crippen LogP contribution >= 0.6 is 11.3 Å². The number of phenolic OH excluding ortho intramolecular Hbond substituents is 1. The highest BCUT2D eigenvalue weighted by Gasteiger charge is 2.57. The zero-order valence-electron chi connectivity index (χ0n) is 22.6. The Morgan fingerprint density at radius 3 is 2.78 bits per heavy atom. The van der Waals surface area contributed by atoms with Gasteiger partial charge in [-0.1, -0.05) is 32.0 Å². The summed E-state index contributed by atoms with van der Waals surface area (Å²) >= 11 is 1.51. The van der Waals surface area contributed by atoms with Crippen LogP contribution in [0.15, 0.2) is 23.5 Å². The quantitative estimate of drug-likeness (QED) is 0.424. The van der Waals surface area contributed by atoms with Gasteiger partial charge in [-0.15, -0.1) is 11.3 Å². The Balaban J connectivity index is 0.00000148. The topological polar surface area (TPSA) is 83.8 Å². The van der Waals surface area contributed by atoms with Gasteiger partial charge in [0, 0.05) is 22.9 Å². The van der Waals surface area contributed by atoms with Gasteiger partial charge in [0.25, 0.3) is 0 Å². The summed E-state index contributed by atoms with van der Waals surface area (Å²) in [6.07, 6.45) is 8.40. The number of phenols is 1. The molecule has 2 aromatic rings. The van der Waals surface area contributed by atoms with Crippen molar-refractivity contribution in [3.05, 3.63) is 39.9 Å². The van der Waals surface area contributed by atoms with Crippen LogP contribution in [0.4, 0.5) is 5.13 Å². The van der Waals surface area contributed by atoms with Crippen molar-refractivity contribution in [2.45, 2.75) is 85.5 Å². The number of nitrogens with one attached hydrogen (secondary N) is 1. The molecule has 5 unspecified atom stereocenters. The van der Waals surface area contributed by atoms with E-state index in [2.05, 4.69) is 28.4 Å². The molecule has 6 nitrogen and oxygen atoms in total. The lowest BCUT2D eigenvalue weighted by Crippen LogP contribution is -2.44. The summed E-state index contributed by atoms with van der Waals surface area (Å²) in [5.74, 6) is 2.42. The number of anilines is 1. The molecule has 0 spiro atoms. The van der Waals surface area contributed by atoms with Crippen molar-refractivity contribution in [1.82, 2.24) is 4.98 Å². The van der Waals surface area contributed by atoms with E-state index in [1.807, 2.05) is 33.8 Å². The van der Waals surface area contributed by atoms with E-state index in [4.69, 9.17) is 4.84 Å². The molecule has 2 saturated carbocycles. The Morgan fingerprint density at radius 1 is 1.31 bits per heavy atom. The number of oxime groups is 1. The summed E-state index contributed by atoms with van der Waals surface area (Å²) in [5, 5.41) is 18.4. The summed E-state index contributed by atoms with van der Waals surface area (Å²) < 4.78 is 0. The fraction of sp³-hybridized carbons (Fsp3) is 0.621. The molecule has 0 bridgehead atoms. The van der Waals surface area contributed by atoms with Crippen LogP contribution in [0.25, 0.3) is 0 Å². The first kappa shape index (κ1) is 26.6. The van der Waals surface area contributed by atoms with Gasteiger partial charge in [-0.3, -0.25) is 4.79 Å². The first-order valence-electron chi connectivity index (χ1n) is 13.5. The van der Waals surface area contributed by atoms with Crippen LogP contribution in [0.2, 0.25) is 0 Å². The Morgan fingerprint density at radius 2 is 2.08 bits per heavy atom. The van der Waals surface area contributed by atoms with Crippen LogP contribution in [0, 0.1) is 37.0 Å². The van der Waals surface area contributed by atoms with Gasteiger partial charge in [0.2, 0.25) is 5.91 Å². The summed E-state index contributed by atoms with van der Waals surface area (Å²) in [6, 6.07) is 4.04. The predicted molar refractivity (Wildman–Crippen MR) is 147 cm³/mol. The van der Waals surface area contributed by atoms with Crippen molar-refractivity contribution in [2.75, 3.05) is 12.4 Å². The van der Waals surface area contributed by atoms with Crippen molar-refractivity contribution in [2.24, 2.45) is 28.3 Å². The van der Waals surface area contributed by atoms with E-state index in [9.17, 15) is 9.90 Å². The molecule has 3 aliphatic carbocycles. The fourth-order valence-corrected chi connectivity index (χ4v) is 8.02. The highest BCUT2D eigenvalue weighted by molar-refractivity contribution is 7.15. The molecule has 196 valence electrons. The van der Waals surface area contributed by atoms with Gasteiger partial charge in [0.1, 0.15) is 12.9 Å². The number of hydrogen-bond acceptors (Lipinski definition) is 6. The minimum atomic E-state index is 0.0220. The van der Waals surface area contributed by atoms with Crippen LogP contribution in [0.5, 0.6) is 5.75 Å². The number of aromatic nitrogens is 1. The van der Waals surface area contributed by atoms with E-state index in [-0.39, 0.29) is 11.3 Å². The van der Waals surface area contributed by atoms with Crippen LogP contribution < -0.4 is 5.32 Å². The summed E-state index contributed by atoms with van der Waals surface area (Å²) in [7, 11) is 1.64. The molecule has 1 aromatic carbocycles. The van der Waals surface area contributed by atoms with Gasteiger partial charge in [0.05, 0.1) is 5.71 Å². The lowest BCUT2D eigenvalue weighted by Gasteiger charge is -2.50. The largest absolute Gasteiger partial charge is 0.508 e. The van der Waals surface area contributed by atoms with Crippen LogP contribution in [0.1, 0.15) is 86.8 Å². The van der Waals surface area contributed by atoms with Crippen molar-refractivity contribution in [3.63, 3.8) is 0 Å². The first-order valence-corrected chi connectivity index (χ1v) is 14.3. The van der Waals surface area contributed by atoms with E-state index in [1.54, 1.807) is 13.3 Å². The second kappa shape index (κ2) is 10.9. The van der Waals surface area contributed by atoms with Gasteiger partial charge < -0.3 is 15.3 Å². The number of aromatic hydroxyl groups is 1. The molecule has 0 radical (unpaired) electrons. The Labute approximate surface area is 219 Å². The molecule has 7 heteroatoms. The Bertz CT molecular complexity index is 1130. The molecule has 2 fully saturated rings. The maximum Gasteiger partial charge on any atom is 0.226 e. The highest BCUT2D eigenvalue weighted by Crippen LogP contribution is 2.62. The monoisotopic (exact) mass is 511 g/mol. The number of rotatable bonds is 5. The van der Waals surface area contributed by atoms with Crippen molar-refractivity contribution in [1.29, 1.82) is 0 Å². The number of benzene rings is 1. The van der Waals surface area contributed by atoms with Gasteiger partial charge in [0.15, 0.2) is 5.13 Å². The van der Waals surface area contributed by atoms with E-state index in [0.29, 0.717) is 41.0 Å². The van der Waals surface area contributed by atoms with Crippen LogP contribution in [-0.2, 0) is 16.1 Å². The third kappa shape index (κ3) is 4.79. The van der Waals surface area contributed by atoms with Gasteiger partial charge in [-0.2, -0.15) is 0 Å². The third-order valence-electron chi connectivity index (χ3n) is 8.86. The number of amides is 1. The Hall–Kier alpha value is -2.41. The average molecular weight is 512 g/mol. The molecule has 5 atom stereocenters. The van der Waals surface area contributed by atoms with Crippen molar-refractivity contribution < 1.29 is 14.7 Å². The number of carbonyl (C=O) groups is 1. The summed E-state index contributed by atoms with van der Waals surface area (Å²) in [6.45, 7) is 10.4. The minimum absolute atomic E-state index is 0.0220. The van der Waals surface area contributed by atoms with Gasteiger partial charge in [-0.05, 0) is 98.8 Å². The number of hydrogen-bond donors (Lipinski definition) is 2. The lowest BCUT2D eigenvalue weighted by atomic mass is 9.53. The lowest BCUT2D eigenvalue weighted by molar-refractivity contribution is -0.116. The van der Waals surface area contributed by atoms with Gasteiger partial charge in [-0.25, -0.2) is 4.98 Å². The maximum absolute atomic E-state index is 12.7. The molecule has 36 heavy (non-hydrogen) atoms. The molecule has 1 heterocycles. The first-order chi connectivity index (χ1) is 17.3. The number of aryl methyl sites for hydroxylation is 1. The summed E-state index contributed by atoms with van der Waals surface area (Å²) in [4.78, 5) is 23.4. The molecule has 1 aromatic heterocycles. The Kier molecular flexibility index (Phi) is 8.08. The van der Waals surface area contributed by atoms with Crippen LogP contribution in [0.3, 0.4) is 0 Å².